The average molecular weight is 654 g/mol. The lowest BCUT2D eigenvalue weighted by Crippen LogP contribution is -2.32. The predicted octanol–water partition coefficient (Wildman–Crippen LogP) is 8.34. The molecule has 5 aromatic rings. The van der Waals surface area contributed by atoms with Crippen molar-refractivity contribution in [3.05, 3.63) is 159 Å². The van der Waals surface area contributed by atoms with Crippen LogP contribution in [-0.2, 0) is 28.3 Å². The van der Waals surface area contributed by atoms with Gasteiger partial charge in [0.05, 0.1) is 33.5 Å². The number of carbonyl (C=O) groups excluding carboxylic acids is 1. The van der Waals surface area contributed by atoms with Crippen LogP contribution in [0.15, 0.2) is 126 Å². The van der Waals surface area contributed by atoms with Gasteiger partial charge in [0.1, 0.15) is 29.5 Å². The number of halogens is 1. The Morgan fingerprint density at radius 3 is 1.84 bits per heavy atom. The molecule has 7 heteroatoms. The van der Waals surface area contributed by atoms with Crippen molar-refractivity contribution in [2.24, 2.45) is 0 Å². The van der Waals surface area contributed by atoms with Gasteiger partial charge in [-0.25, -0.2) is 4.79 Å². The van der Waals surface area contributed by atoms with Crippen molar-refractivity contribution in [2.75, 3.05) is 21.3 Å². The Balaban J connectivity index is 1.47. The summed E-state index contributed by atoms with van der Waals surface area (Å²) in [7, 11) is 4.68. The third-order valence-corrected chi connectivity index (χ3v) is 8.16. The maximum atomic E-state index is 12.0. The van der Waals surface area contributed by atoms with E-state index in [0.717, 1.165) is 43.8 Å². The molecule has 6 nitrogen and oxygen atoms in total. The van der Waals surface area contributed by atoms with E-state index in [1.807, 2.05) is 97.1 Å². The quantitative estimate of drug-likeness (QED) is 0.0997. The summed E-state index contributed by atoms with van der Waals surface area (Å²) in [5.74, 6) is 1.81. The molecule has 0 aliphatic rings. The summed E-state index contributed by atoms with van der Waals surface area (Å²) in [6.07, 6.45) is 0. The zero-order chi connectivity index (χ0) is 30.9. The van der Waals surface area contributed by atoms with E-state index in [-0.39, 0.29) is 6.61 Å². The average Bonchev–Trinajstić information content (AvgIpc) is 3.09. The van der Waals surface area contributed by atoms with Crippen molar-refractivity contribution < 1.29 is 28.5 Å². The van der Waals surface area contributed by atoms with Gasteiger partial charge in [0.25, 0.3) is 0 Å². The van der Waals surface area contributed by atoms with E-state index < -0.39 is 11.6 Å². The molecule has 0 fully saturated rings. The van der Waals surface area contributed by atoms with Gasteiger partial charge in [-0.3, -0.25) is 0 Å². The maximum Gasteiger partial charge on any atom is 0.337 e. The van der Waals surface area contributed by atoms with Crippen LogP contribution >= 0.6 is 15.9 Å². The normalized spacial score (nSPS) is 11.1. The van der Waals surface area contributed by atoms with Gasteiger partial charge < -0.3 is 23.7 Å². The Labute approximate surface area is 266 Å². The second-order valence-corrected chi connectivity index (χ2v) is 10.9. The Morgan fingerprint density at radius 1 is 0.636 bits per heavy atom. The number of esters is 1. The van der Waals surface area contributed by atoms with Crippen LogP contribution < -0.4 is 14.2 Å². The highest BCUT2D eigenvalue weighted by Crippen LogP contribution is 2.42. The molecule has 0 aromatic heterocycles. The topological polar surface area (TPSA) is 63.2 Å². The molecule has 0 heterocycles. The summed E-state index contributed by atoms with van der Waals surface area (Å²) in [5, 5.41) is 0. The van der Waals surface area contributed by atoms with E-state index in [1.54, 1.807) is 26.4 Å². The summed E-state index contributed by atoms with van der Waals surface area (Å²) in [5.41, 5.74) is 4.19. The van der Waals surface area contributed by atoms with Crippen LogP contribution in [0.4, 0.5) is 0 Å². The first-order valence-electron chi connectivity index (χ1n) is 14.0. The fourth-order valence-electron chi connectivity index (χ4n) is 5.08. The van der Waals surface area contributed by atoms with Crippen LogP contribution in [0.2, 0.25) is 0 Å². The number of rotatable bonds is 12. The monoisotopic (exact) mass is 652 g/mol. The molecule has 0 saturated carbocycles. The van der Waals surface area contributed by atoms with Crippen LogP contribution in [0.1, 0.15) is 38.2 Å². The number of hydrogen-bond donors (Lipinski definition) is 0. The summed E-state index contributed by atoms with van der Waals surface area (Å²) in [6.45, 7) is 0.563. The first-order valence-corrected chi connectivity index (χ1v) is 14.8. The number of benzene rings is 5. The van der Waals surface area contributed by atoms with Crippen LogP contribution in [0.25, 0.3) is 0 Å². The van der Waals surface area contributed by atoms with E-state index in [2.05, 4.69) is 28.1 Å². The molecule has 0 spiro atoms. The molecule has 0 unspecified atom stereocenters. The fraction of sp³-hybridized carbons (Fsp3) is 0.162. The van der Waals surface area contributed by atoms with Gasteiger partial charge in [-0.05, 0) is 76.9 Å². The van der Waals surface area contributed by atoms with Crippen LogP contribution in [0, 0.1) is 0 Å². The first kappa shape index (κ1) is 30.9. The van der Waals surface area contributed by atoms with Gasteiger partial charge in [-0.15, -0.1) is 0 Å². The molecular formula is C37H33BrO6. The van der Waals surface area contributed by atoms with E-state index in [4.69, 9.17) is 23.7 Å². The third kappa shape index (κ3) is 6.80. The Kier molecular flexibility index (Phi) is 10.00. The minimum Gasteiger partial charge on any atom is -0.497 e. The largest absolute Gasteiger partial charge is 0.497 e. The van der Waals surface area contributed by atoms with Crippen molar-refractivity contribution in [3.63, 3.8) is 0 Å². The molecule has 0 aliphatic carbocycles. The molecule has 0 bridgehead atoms. The highest BCUT2D eigenvalue weighted by Gasteiger charge is 2.38. The number of hydrogen-bond acceptors (Lipinski definition) is 6. The highest BCUT2D eigenvalue weighted by molar-refractivity contribution is 9.10. The molecule has 0 saturated heterocycles. The minimum atomic E-state index is -0.935. The molecule has 44 heavy (non-hydrogen) atoms. The molecule has 5 rings (SSSR count). The molecule has 0 aliphatic heterocycles. The van der Waals surface area contributed by atoms with Crippen molar-refractivity contribution in [3.8, 4) is 17.2 Å². The minimum absolute atomic E-state index is 0.265. The Morgan fingerprint density at radius 2 is 1.25 bits per heavy atom. The van der Waals surface area contributed by atoms with Crippen molar-refractivity contribution in [1.29, 1.82) is 0 Å². The SMILES string of the molecule is COC(=O)c1ccc(Br)c(COc2cccc(COC(c3ccccc3)(c3ccc(OC)cc3)c3ccc(OC)cc3)c2)c1. The van der Waals surface area contributed by atoms with Gasteiger partial charge in [-0.2, -0.15) is 0 Å². The molecule has 0 amide bonds. The lowest BCUT2D eigenvalue weighted by Gasteiger charge is -2.36. The zero-order valence-corrected chi connectivity index (χ0v) is 26.4. The summed E-state index contributed by atoms with van der Waals surface area (Å²) in [6, 6.07) is 39.2. The van der Waals surface area contributed by atoms with Crippen molar-refractivity contribution in [2.45, 2.75) is 18.8 Å². The third-order valence-electron chi connectivity index (χ3n) is 7.39. The van der Waals surface area contributed by atoms with E-state index in [9.17, 15) is 4.79 Å². The summed E-state index contributed by atoms with van der Waals surface area (Å²) >= 11 is 3.55. The van der Waals surface area contributed by atoms with Gasteiger partial charge in [0.15, 0.2) is 0 Å². The van der Waals surface area contributed by atoms with Gasteiger partial charge in [-0.1, -0.05) is 82.7 Å². The molecule has 0 N–H and O–H groups in total. The highest BCUT2D eigenvalue weighted by atomic mass is 79.9. The van der Waals surface area contributed by atoms with Crippen LogP contribution in [0.5, 0.6) is 17.2 Å². The van der Waals surface area contributed by atoms with E-state index in [0.29, 0.717) is 17.9 Å². The van der Waals surface area contributed by atoms with Gasteiger partial charge in [0, 0.05) is 10.0 Å². The molecule has 5 aromatic carbocycles. The second-order valence-electron chi connectivity index (χ2n) is 10.0. The zero-order valence-electron chi connectivity index (χ0n) is 24.8. The van der Waals surface area contributed by atoms with Gasteiger partial charge >= 0.3 is 5.97 Å². The smallest absolute Gasteiger partial charge is 0.337 e. The van der Waals surface area contributed by atoms with Gasteiger partial charge in [0.2, 0.25) is 0 Å². The second kappa shape index (κ2) is 14.3. The summed E-state index contributed by atoms with van der Waals surface area (Å²) < 4.78 is 29.8. The fourth-order valence-corrected chi connectivity index (χ4v) is 5.44. The molecule has 0 atom stereocenters. The van der Waals surface area contributed by atoms with Crippen molar-refractivity contribution >= 4 is 21.9 Å². The molecule has 224 valence electrons. The predicted molar refractivity (Wildman–Crippen MR) is 173 cm³/mol. The molecular weight excluding hydrogens is 620 g/mol. The van der Waals surface area contributed by atoms with Crippen molar-refractivity contribution in [1.82, 2.24) is 0 Å². The lowest BCUT2D eigenvalue weighted by molar-refractivity contribution is 0.000105. The number of methoxy groups -OCH3 is 3. The first-order chi connectivity index (χ1) is 21.5. The van der Waals surface area contributed by atoms with Crippen LogP contribution in [-0.4, -0.2) is 27.3 Å². The van der Waals surface area contributed by atoms with Crippen LogP contribution in [0.3, 0.4) is 0 Å². The van der Waals surface area contributed by atoms with E-state index in [1.165, 1.54) is 7.11 Å². The maximum absolute atomic E-state index is 12.0. The Hall–Kier alpha value is -4.59. The number of ether oxygens (including phenoxy) is 5. The lowest BCUT2D eigenvalue weighted by atomic mass is 9.80. The Bertz CT molecular complexity index is 1640. The number of carbonyl (C=O) groups is 1. The van der Waals surface area contributed by atoms with E-state index >= 15 is 0 Å². The standard InChI is InChI=1S/C37H33BrO6/c1-40-32-17-13-30(14-18-32)37(29-9-5-4-6-10-29,31-15-19-33(41-2)20-16-31)44-24-26-8-7-11-34(22-26)43-25-28-23-27(36(39)42-3)12-21-35(28)38/h4-23H,24-25H2,1-3H3. The molecule has 0 radical (unpaired) electrons. The summed E-state index contributed by atoms with van der Waals surface area (Å²) in [4.78, 5) is 12.0.